The molecule has 0 aliphatic carbocycles. The van der Waals surface area contributed by atoms with Crippen LogP contribution in [0.25, 0.3) is 0 Å². The number of H-pyrrole nitrogens is 1. The van der Waals surface area contributed by atoms with Gasteiger partial charge in [0.1, 0.15) is 0 Å². The third-order valence-electron chi connectivity index (χ3n) is 3.33. The maximum atomic E-state index is 12.3. The van der Waals surface area contributed by atoms with E-state index in [1.807, 2.05) is 38.1 Å². The Hall–Kier alpha value is -2.30. The molecule has 1 heterocycles. The fourth-order valence-corrected chi connectivity index (χ4v) is 2.04. The van der Waals surface area contributed by atoms with E-state index in [0.717, 1.165) is 17.7 Å². The van der Waals surface area contributed by atoms with Gasteiger partial charge in [0.2, 0.25) is 0 Å². The summed E-state index contributed by atoms with van der Waals surface area (Å²) >= 11 is 0. The zero-order valence-electron chi connectivity index (χ0n) is 12.1. The summed E-state index contributed by atoms with van der Waals surface area (Å²) in [6.45, 7) is 4.54. The average molecular weight is 272 g/mol. The minimum absolute atomic E-state index is 0.168. The first-order valence-electron chi connectivity index (χ1n) is 6.66. The number of hydrogen-bond acceptors (Lipinski definition) is 3. The number of aromatic nitrogens is 2. The van der Waals surface area contributed by atoms with E-state index in [-0.39, 0.29) is 5.91 Å². The highest BCUT2D eigenvalue weighted by molar-refractivity contribution is 5.97. The van der Waals surface area contributed by atoms with Crippen molar-refractivity contribution < 1.29 is 4.79 Å². The predicted molar refractivity (Wildman–Crippen MR) is 79.4 cm³/mol. The average Bonchev–Trinajstić information content (AvgIpc) is 2.81. The number of amides is 1. The van der Waals surface area contributed by atoms with Crippen LogP contribution in [0.1, 0.15) is 34.2 Å². The molecule has 0 fully saturated rings. The van der Waals surface area contributed by atoms with E-state index < -0.39 is 0 Å². The largest absolute Gasteiger partial charge is 0.395 e. The molecule has 0 unspecified atom stereocenters. The van der Waals surface area contributed by atoms with E-state index in [1.165, 1.54) is 5.56 Å². The highest BCUT2D eigenvalue weighted by Gasteiger charge is 2.20. The Morgan fingerprint density at radius 2 is 2.00 bits per heavy atom. The van der Waals surface area contributed by atoms with E-state index in [9.17, 15) is 4.79 Å². The lowest BCUT2D eigenvalue weighted by Gasteiger charge is -2.16. The van der Waals surface area contributed by atoms with Gasteiger partial charge in [0, 0.05) is 13.6 Å². The number of benzene rings is 1. The van der Waals surface area contributed by atoms with Crippen LogP contribution >= 0.6 is 0 Å². The Labute approximate surface area is 118 Å². The molecule has 5 nitrogen and oxygen atoms in total. The van der Waals surface area contributed by atoms with Gasteiger partial charge in [-0.2, -0.15) is 5.10 Å². The third kappa shape index (κ3) is 2.82. The van der Waals surface area contributed by atoms with E-state index in [0.29, 0.717) is 17.9 Å². The number of nitrogens with one attached hydrogen (secondary N) is 1. The standard InChI is InChI=1S/C15H20N4O/c1-4-12-13(16)14(18-17-12)15(20)19(3)9-11-7-5-10(2)6-8-11/h5-8H,4,9,16H2,1-3H3,(H,17,18). The Bertz CT molecular complexity index is 601. The molecule has 0 atom stereocenters. The van der Waals surface area contributed by atoms with Crippen molar-refractivity contribution in [1.82, 2.24) is 15.1 Å². The van der Waals surface area contributed by atoms with Crippen molar-refractivity contribution in [1.29, 1.82) is 0 Å². The van der Waals surface area contributed by atoms with Gasteiger partial charge in [-0.05, 0) is 18.9 Å². The van der Waals surface area contributed by atoms with Gasteiger partial charge in [0.15, 0.2) is 5.69 Å². The van der Waals surface area contributed by atoms with Crippen molar-refractivity contribution in [2.75, 3.05) is 12.8 Å². The summed E-state index contributed by atoms with van der Waals surface area (Å²) in [7, 11) is 1.75. The van der Waals surface area contributed by atoms with E-state index in [2.05, 4.69) is 10.2 Å². The lowest BCUT2D eigenvalue weighted by atomic mass is 10.1. The molecule has 0 bridgehead atoms. The second-order valence-corrected chi connectivity index (χ2v) is 4.96. The molecule has 0 aliphatic heterocycles. The molecule has 1 amide bonds. The fourth-order valence-electron chi connectivity index (χ4n) is 2.04. The van der Waals surface area contributed by atoms with E-state index >= 15 is 0 Å². The number of rotatable bonds is 4. The normalized spacial score (nSPS) is 10.6. The van der Waals surface area contributed by atoms with Gasteiger partial charge in [-0.25, -0.2) is 0 Å². The maximum Gasteiger partial charge on any atom is 0.276 e. The van der Waals surface area contributed by atoms with Gasteiger partial charge in [-0.15, -0.1) is 0 Å². The monoisotopic (exact) mass is 272 g/mol. The number of nitrogens with zero attached hydrogens (tertiary/aromatic N) is 2. The number of aryl methyl sites for hydroxylation is 2. The van der Waals surface area contributed by atoms with Crippen molar-refractivity contribution in [2.45, 2.75) is 26.8 Å². The van der Waals surface area contributed by atoms with Gasteiger partial charge in [0.05, 0.1) is 11.4 Å². The van der Waals surface area contributed by atoms with Crippen LogP contribution in [0.3, 0.4) is 0 Å². The SMILES string of the molecule is CCc1[nH]nc(C(=O)N(C)Cc2ccc(C)cc2)c1N. The Kier molecular flexibility index (Phi) is 4.08. The van der Waals surface area contributed by atoms with Gasteiger partial charge in [-0.3, -0.25) is 9.89 Å². The summed E-state index contributed by atoms with van der Waals surface area (Å²) in [5, 5.41) is 6.83. The van der Waals surface area contributed by atoms with Gasteiger partial charge in [0.25, 0.3) is 5.91 Å². The molecule has 0 spiro atoms. The van der Waals surface area contributed by atoms with Crippen LogP contribution in [0.4, 0.5) is 5.69 Å². The summed E-state index contributed by atoms with van der Waals surface area (Å²) in [6, 6.07) is 8.10. The highest BCUT2D eigenvalue weighted by atomic mass is 16.2. The molecule has 2 rings (SSSR count). The van der Waals surface area contributed by atoms with E-state index in [1.54, 1.807) is 11.9 Å². The van der Waals surface area contributed by atoms with Crippen molar-refractivity contribution in [3.8, 4) is 0 Å². The number of hydrogen-bond donors (Lipinski definition) is 2. The molecule has 106 valence electrons. The topological polar surface area (TPSA) is 75.0 Å². The molecular weight excluding hydrogens is 252 g/mol. The smallest absolute Gasteiger partial charge is 0.276 e. The number of carbonyl (C=O) groups is 1. The number of anilines is 1. The molecule has 3 N–H and O–H groups in total. The highest BCUT2D eigenvalue weighted by Crippen LogP contribution is 2.17. The second kappa shape index (κ2) is 5.77. The number of nitrogens with two attached hydrogens (primary N) is 1. The minimum Gasteiger partial charge on any atom is -0.395 e. The lowest BCUT2D eigenvalue weighted by Crippen LogP contribution is -2.27. The summed E-state index contributed by atoms with van der Waals surface area (Å²) in [5.74, 6) is -0.168. The van der Waals surface area contributed by atoms with Crippen molar-refractivity contribution in [3.63, 3.8) is 0 Å². The van der Waals surface area contributed by atoms with Crippen LogP contribution in [0, 0.1) is 6.92 Å². The van der Waals surface area contributed by atoms with Crippen molar-refractivity contribution in [2.24, 2.45) is 0 Å². The summed E-state index contributed by atoms with van der Waals surface area (Å²) in [6.07, 6.45) is 0.730. The first-order valence-corrected chi connectivity index (χ1v) is 6.66. The van der Waals surface area contributed by atoms with Crippen LogP contribution < -0.4 is 5.73 Å². The lowest BCUT2D eigenvalue weighted by molar-refractivity contribution is 0.0780. The minimum atomic E-state index is -0.168. The molecular formula is C15H20N4O. The van der Waals surface area contributed by atoms with E-state index in [4.69, 9.17) is 5.73 Å². The quantitative estimate of drug-likeness (QED) is 0.895. The summed E-state index contributed by atoms with van der Waals surface area (Å²) < 4.78 is 0. The van der Waals surface area contributed by atoms with Gasteiger partial charge in [-0.1, -0.05) is 36.8 Å². The molecule has 0 saturated heterocycles. The van der Waals surface area contributed by atoms with Crippen molar-refractivity contribution >= 4 is 11.6 Å². The Morgan fingerprint density at radius 3 is 2.55 bits per heavy atom. The summed E-state index contributed by atoms with van der Waals surface area (Å²) in [5.41, 5.74) is 9.76. The molecule has 0 aliphatic rings. The van der Waals surface area contributed by atoms with Crippen LogP contribution in [0.5, 0.6) is 0 Å². The third-order valence-corrected chi connectivity index (χ3v) is 3.33. The Balaban J connectivity index is 2.12. The molecule has 0 saturated carbocycles. The van der Waals surface area contributed by atoms with Gasteiger partial charge < -0.3 is 10.6 Å². The van der Waals surface area contributed by atoms with Crippen LogP contribution in [-0.2, 0) is 13.0 Å². The molecule has 1 aromatic heterocycles. The summed E-state index contributed by atoms with van der Waals surface area (Å²) in [4.78, 5) is 14.0. The molecule has 5 heteroatoms. The first-order chi connectivity index (χ1) is 9.52. The molecule has 1 aromatic carbocycles. The first kappa shape index (κ1) is 14.1. The Morgan fingerprint density at radius 1 is 1.35 bits per heavy atom. The zero-order chi connectivity index (χ0) is 14.7. The van der Waals surface area contributed by atoms with Crippen LogP contribution in [0.15, 0.2) is 24.3 Å². The number of aromatic amines is 1. The number of nitrogen functional groups attached to an aromatic ring is 1. The molecule has 0 radical (unpaired) electrons. The molecule has 2 aromatic rings. The van der Waals surface area contributed by atoms with Crippen LogP contribution in [0.2, 0.25) is 0 Å². The zero-order valence-corrected chi connectivity index (χ0v) is 12.1. The maximum absolute atomic E-state index is 12.3. The molecule has 20 heavy (non-hydrogen) atoms. The van der Waals surface area contributed by atoms with Gasteiger partial charge >= 0.3 is 0 Å². The van der Waals surface area contributed by atoms with Crippen molar-refractivity contribution in [3.05, 3.63) is 46.8 Å². The van der Waals surface area contributed by atoms with Crippen LogP contribution in [-0.4, -0.2) is 28.1 Å². The second-order valence-electron chi connectivity index (χ2n) is 4.96. The predicted octanol–water partition coefficient (Wildman–Crippen LogP) is 2.13. The number of carbonyl (C=O) groups excluding carboxylic acids is 1. The fraction of sp³-hybridized carbons (Fsp3) is 0.333.